The van der Waals surface area contributed by atoms with E-state index in [0.717, 1.165) is 6.42 Å². The van der Waals surface area contributed by atoms with Crippen molar-refractivity contribution in [1.29, 1.82) is 0 Å². The molecule has 0 atom stereocenters. The molecule has 0 aromatic heterocycles. The van der Waals surface area contributed by atoms with Crippen molar-refractivity contribution in [2.24, 2.45) is 0 Å². The average molecular weight is 327 g/mol. The molecule has 0 saturated carbocycles. The van der Waals surface area contributed by atoms with Crippen LogP contribution in [0.1, 0.15) is 33.1 Å². The van der Waals surface area contributed by atoms with Gasteiger partial charge in [-0.1, -0.05) is 45.8 Å². The Balaban J connectivity index is -0.000000114. The standard InChI is InChI=1S/C5H13Si.C4H9.Tm/c1-4-5-6(2)3;1-3-4-2;/h4-5H2,1-3H3;1,3-4H2,2H3;/q;-1;. The van der Waals surface area contributed by atoms with Gasteiger partial charge in [0.2, 0.25) is 0 Å². The molecule has 0 aliphatic rings. The Morgan fingerprint density at radius 2 is 1.45 bits per heavy atom. The molecular weight excluding hydrogens is 305 g/mol. The van der Waals surface area contributed by atoms with Crippen molar-refractivity contribution in [3.63, 3.8) is 0 Å². The van der Waals surface area contributed by atoms with Gasteiger partial charge in [0.15, 0.2) is 0 Å². The summed E-state index contributed by atoms with van der Waals surface area (Å²) in [5.74, 6) is 0. The number of hydrogen-bond donors (Lipinski definition) is 0. The van der Waals surface area contributed by atoms with Crippen molar-refractivity contribution in [2.45, 2.75) is 52.2 Å². The average Bonchev–Trinajstić information content (AvgIpc) is 1.89. The zero-order valence-corrected chi connectivity index (χ0v) is 11.1. The molecule has 2 radical (unpaired) electrons. The first-order chi connectivity index (χ1) is 4.68. The van der Waals surface area contributed by atoms with E-state index in [4.69, 9.17) is 0 Å². The molecule has 0 aliphatic carbocycles. The van der Waals surface area contributed by atoms with Crippen molar-refractivity contribution >= 4 is 8.80 Å². The molecule has 2 heteroatoms. The normalized spacial score (nSPS) is 8.18. The van der Waals surface area contributed by atoms with Crippen LogP contribution < -0.4 is 0 Å². The maximum absolute atomic E-state index is 3.60. The second-order valence-corrected chi connectivity index (χ2v) is 5.72. The Kier molecular flexibility index (Phi) is 29.1. The quantitative estimate of drug-likeness (QED) is 0.547. The molecule has 76 valence electrons. The van der Waals surface area contributed by atoms with Crippen molar-refractivity contribution in [3.8, 4) is 0 Å². The topological polar surface area (TPSA) is 0 Å². The fourth-order valence-electron chi connectivity index (χ4n) is 0.500. The largest absolute Gasteiger partial charge is 0.343 e. The van der Waals surface area contributed by atoms with Crippen LogP contribution in [0.25, 0.3) is 0 Å². The van der Waals surface area contributed by atoms with Gasteiger partial charge in [0.05, 0.1) is 0 Å². The summed E-state index contributed by atoms with van der Waals surface area (Å²) in [5.41, 5.74) is 0. The Morgan fingerprint density at radius 3 is 1.45 bits per heavy atom. The predicted octanol–water partition coefficient (Wildman–Crippen LogP) is 3.77. The molecule has 0 rings (SSSR count). The minimum atomic E-state index is 0. The van der Waals surface area contributed by atoms with Crippen LogP contribution in [0.5, 0.6) is 0 Å². The Morgan fingerprint density at radius 1 is 1.09 bits per heavy atom. The first-order valence-electron chi connectivity index (χ1n) is 4.27. The van der Waals surface area contributed by atoms with Crippen molar-refractivity contribution < 1.29 is 36.9 Å². The summed E-state index contributed by atoms with van der Waals surface area (Å²) in [7, 11) is 0.114. The van der Waals surface area contributed by atoms with E-state index in [9.17, 15) is 0 Å². The molecule has 0 nitrogen and oxygen atoms in total. The van der Waals surface area contributed by atoms with E-state index in [1.807, 2.05) is 0 Å². The molecule has 0 heterocycles. The molecule has 0 amide bonds. The molecule has 0 aromatic carbocycles. The number of rotatable bonds is 3. The summed E-state index contributed by atoms with van der Waals surface area (Å²) in [5, 5.41) is 0. The zero-order valence-electron chi connectivity index (χ0n) is 8.31. The second kappa shape index (κ2) is 17.5. The van der Waals surface area contributed by atoms with Crippen LogP contribution in [0, 0.1) is 43.8 Å². The monoisotopic (exact) mass is 327 g/mol. The van der Waals surface area contributed by atoms with Gasteiger partial charge in [0, 0.05) is 45.7 Å². The molecule has 11 heavy (non-hydrogen) atoms. The Hall–Kier alpha value is 1.45. The summed E-state index contributed by atoms with van der Waals surface area (Å²) in [6, 6.07) is 1.48. The van der Waals surface area contributed by atoms with Gasteiger partial charge in [-0.2, -0.15) is 6.42 Å². The van der Waals surface area contributed by atoms with Crippen LogP contribution in [0.3, 0.4) is 0 Å². The molecule has 0 N–H and O–H groups in total. The van der Waals surface area contributed by atoms with Gasteiger partial charge >= 0.3 is 0 Å². The maximum atomic E-state index is 3.60. The minimum absolute atomic E-state index is 0. The van der Waals surface area contributed by atoms with Crippen molar-refractivity contribution in [1.82, 2.24) is 0 Å². The van der Waals surface area contributed by atoms with Gasteiger partial charge in [-0.25, -0.2) is 0 Å². The van der Waals surface area contributed by atoms with Crippen LogP contribution >= 0.6 is 0 Å². The van der Waals surface area contributed by atoms with E-state index >= 15 is 0 Å². The third kappa shape index (κ3) is 34.4. The summed E-state index contributed by atoms with van der Waals surface area (Å²) < 4.78 is 0. The zero-order chi connectivity index (χ0) is 8.41. The maximum Gasteiger partial charge on any atom is 0.0412 e. The molecule has 0 bridgehead atoms. The molecule has 0 saturated heterocycles. The van der Waals surface area contributed by atoms with E-state index in [0.29, 0.717) is 0 Å². The second-order valence-electron chi connectivity index (χ2n) is 2.81. The molecule has 0 aliphatic heterocycles. The summed E-state index contributed by atoms with van der Waals surface area (Å²) in [6.45, 7) is 12.7. The third-order valence-corrected chi connectivity index (χ3v) is 2.60. The van der Waals surface area contributed by atoms with Gasteiger partial charge < -0.3 is 6.92 Å². The Labute approximate surface area is 104 Å². The van der Waals surface area contributed by atoms with Crippen LogP contribution in [0.4, 0.5) is 0 Å². The minimum Gasteiger partial charge on any atom is -0.343 e. The third-order valence-electron chi connectivity index (χ3n) is 1.10. The van der Waals surface area contributed by atoms with Crippen LogP contribution in [0.2, 0.25) is 19.1 Å². The van der Waals surface area contributed by atoms with Crippen molar-refractivity contribution in [2.75, 3.05) is 0 Å². The predicted molar refractivity (Wildman–Crippen MR) is 52.8 cm³/mol. The van der Waals surface area contributed by atoms with E-state index in [1.165, 1.54) is 18.9 Å². The van der Waals surface area contributed by atoms with E-state index in [2.05, 4.69) is 33.9 Å². The van der Waals surface area contributed by atoms with Gasteiger partial charge in [0.1, 0.15) is 0 Å². The van der Waals surface area contributed by atoms with Crippen LogP contribution in [-0.2, 0) is 0 Å². The fraction of sp³-hybridized carbons (Fsp3) is 0.889. The number of unbranched alkanes of at least 4 members (excludes halogenated alkanes) is 1. The summed E-state index contributed by atoms with van der Waals surface area (Å²) in [6.07, 6.45) is 3.65. The fourth-order valence-corrected chi connectivity index (χ4v) is 1.50. The van der Waals surface area contributed by atoms with Gasteiger partial charge in [-0.15, -0.1) is 0 Å². The SMILES string of the molecule is CCC[Si](C)C.[CH2-]CCC.[Tm]. The summed E-state index contributed by atoms with van der Waals surface area (Å²) >= 11 is 0. The molecule has 0 spiro atoms. The first kappa shape index (κ1) is 18.3. The first-order valence-corrected chi connectivity index (χ1v) is 6.97. The van der Waals surface area contributed by atoms with Gasteiger partial charge in [0.25, 0.3) is 0 Å². The van der Waals surface area contributed by atoms with E-state index < -0.39 is 0 Å². The van der Waals surface area contributed by atoms with E-state index in [-0.39, 0.29) is 45.7 Å². The van der Waals surface area contributed by atoms with E-state index in [1.54, 1.807) is 0 Å². The van der Waals surface area contributed by atoms with Crippen molar-refractivity contribution in [3.05, 3.63) is 6.92 Å². The van der Waals surface area contributed by atoms with Crippen LogP contribution in [-0.4, -0.2) is 8.80 Å². The molecule has 0 unspecified atom stereocenters. The van der Waals surface area contributed by atoms with Gasteiger partial charge in [-0.3, -0.25) is 0 Å². The molecular formula is C9H22SiTm-. The smallest absolute Gasteiger partial charge is 0.0412 e. The van der Waals surface area contributed by atoms with Gasteiger partial charge in [-0.05, 0) is 0 Å². The summed E-state index contributed by atoms with van der Waals surface area (Å²) in [4.78, 5) is 0. The molecule has 0 fully saturated rings. The Bertz CT molecular complexity index is 44.8. The van der Waals surface area contributed by atoms with Crippen LogP contribution in [0.15, 0.2) is 0 Å². The molecule has 0 aromatic rings. The number of hydrogen-bond acceptors (Lipinski definition) is 0.